The van der Waals surface area contributed by atoms with Crippen LogP contribution in [-0.4, -0.2) is 5.54 Å². The zero-order valence-corrected chi connectivity index (χ0v) is 19.1. The standard InChI is InChI=1S/C28H30N2/c1-18-10-8-9-11-25(18)30(27(3,4)5)26-16-22-21-13-12-20(17-29)15-24(21)28(6,7)23(22)14-19(26)2/h8-16H,1-7H3. The van der Waals surface area contributed by atoms with Crippen molar-refractivity contribution in [3.63, 3.8) is 0 Å². The van der Waals surface area contributed by atoms with E-state index in [4.69, 9.17) is 0 Å². The number of rotatable bonds is 2. The molecule has 0 radical (unpaired) electrons. The van der Waals surface area contributed by atoms with Crippen molar-refractivity contribution in [2.45, 2.75) is 59.4 Å². The van der Waals surface area contributed by atoms with E-state index < -0.39 is 0 Å². The van der Waals surface area contributed by atoms with E-state index in [1.165, 1.54) is 44.8 Å². The molecule has 0 bridgehead atoms. The first-order valence-electron chi connectivity index (χ1n) is 10.6. The van der Waals surface area contributed by atoms with Gasteiger partial charge in [-0.1, -0.05) is 44.2 Å². The fraction of sp³-hybridized carbons (Fsp3) is 0.321. The van der Waals surface area contributed by atoms with Gasteiger partial charge in [-0.15, -0.1) is 0 Å². The van der Waals surface area contributed by atoms with Gasteiger partial charge in [-0.25, -0.2) is 0 Å². The second-order valence-corrected chi connectivity index (χ2v) is 9.97. The fourth-order valence-corrected chi connectivity index (χ4v) is 4.85. The molecule has 2 heteroatoms. The molecule has 3 aromatic rings. The highest BCUT2D eigenvalue weighted by Crippen LogP contribution is 2.51. The van der Waals surface area contributed by atoms with Gasteiger partial charge in [0.05, 0.1) is 11.6 Å². The summed E-state index contributed by atoms with van der Waals surface area (Å²) in [7, 11) is 0. The summed E-state index contributed by atoms with van der Waals surface area (Å²) in [6.45, 7) is 15.7. The van der Waals surface area contributed by atoms with E-state index in [1.54, 1.807) is 0 Å². The number of fused-ring (bicyclic) bond motifs is 3. The Morgan fingerprint density at radius 1 is 0.800 bits per heavy atom. The number of para-hydroxylation sites is 1. The molecular formula is C28H30N2. The monoisotopic (exact) mass is 394 g/mol. The molecule has 30 heavy (non-hydrogen) atoms. The topological polar surface area (TPSA) is 27.0 Å². The van der Waals surface area contributed by atoms with Crippen LogP contribution in [0.25, 0.3) is 11.1 Å². The molecule has 4 rings (SSSR count). The zero-order valence-electron chi connectivity index (χ0n) is 19.1. The summed E-state index contributed by atoms with van der Waals surface area (Å²) in [5.41, 5.74) is 10.7. The molecule has 0 saturated heterocycles. The predicted molar refractivity (Wildman–Crippen MR) is 127 cm³/mol. The summed E-state index contributed by atoms with van der Waals surface area (Å²) in [4.78, 5) is 2.46. The Hall–Kier alpha value is -3.05. The van der Waals surface area contributed by atoms with Crippen molar-refractivity contribution in [2.24, 2.45) is 0 Å². The zero-order chi connectivity index (χ0) is 21.8. The van der Waals surface area contributed by atoms with E-state index in [0.29, 0.717) is 0 Å². The summed E-state index contributed by atoms with van der Waals surface area (Å²) >= 11 is 0. The molecule has 0 atom stereocenters. The Morgan fingerprint density at radius 3 is 2.10 bits per heavy atom. The van der Waals surface area contributed by atoms with Crippen molar-refractivity contribution in [2.75, 3.05) is 4.90 Å². The van der Waals surface area contributed by atoms with Crippen LogP contribution >= 0.6 is 0 Å². The predicted octanol–water partition coefficient (Wildman–Crippen LogP) is 7.42. The second kappa shape index (κ2) is 6.74. The van der Waals surface area contributed by atoms with Crippen molar-refractivity contribution >= 4 is 11.4 Å². The normalized spacial score (nSPS) is 14.1. The van der Waals surface area contributed by atoms with Gasteiger partial charge in [0.1, 0.15) is 0 Å². The van der Waals surface area contributed by atoms with Gasteiger partial charge in [-0.3, -0.25) is 0 Å². The maximum atomic E-state index is 9.40. The smallest absolute Gasteiger partial charge is 0.0991 e. The molecule has 3 aromatic carbocycles. The van der Waals surface area contributed by atoms with Crippen LogP contribution in [0.4, 0.5) is 11.4 Å². The molecule has 0 amide bonds. The summed E-state index contributed by atoms with van der Waals surface area (Å²) in [5, 5.41) is 9.40. The molecule has 1 aliphatic rings. The number of nitrogens with zero attached hydrogens (tertiary/aromatic N) is 2. The second-order valence-electron chi connectivity index (χ2n) is 9.97. The van der Waals surface area contributed by atoms with Gasteiger partial charge in [-0.2, -0.15) is 5.26 Å². The number of hydrogen-bond donors (Lipinski definition) is 0. The van der Waals surface area contributed by atoms with Crippen LogP contribution in [0.2, 0.25) is 0 Å². The van der Waals surface area contributed by atoms with E-state index in [2.05, 4.69) is 108 Å². The number of anilines is 2. The minimum atomic E-state index is -0.115. The molecule has 0 N–H and O–H groups in total. The maximum Gasteiger partial charge on any atom is 0.0991 e. The lowest BCUT2D eigenvalue weighted by Gasteiger charge is -2.40. The summed E-state index contributed by atoms with van der Waals surface area (Å²) in [5.74, 6) is 0. The average molecular weight is 395 g/mol. The van der Waals surface area contributed by atoms with Gasteiger partial charge in [-0.05, 0) is 92.3 Å². The van der Waals surface area contributed by atoms with Crippen molar-refractivity contribution in [1.29, 1.82) is 5.26 Å². The van der Waals surface area contributed by atoms with Gasteiger partial charge < -0.3 is 4.90 Å². The van der Waals surface area contributed by atoms with Crippen LogP contribution in [0, 0.1) is 25.2 Å². The highest BCUT2D eigenvalue weighted by molar-refractivity contribution is 5.86. The molecule has 0 unspecified atom stereocenters. The summed E-state index contributed by atoms with van der Waals surface area (Å²) in [6, 6.07) is 21.7. The lowest BCUT2D eigenvalue weighted by Crippen LogP contribution is -2.38. The van der Waals surface area contributed by atoms with Crippen LogP contribution in [0.5, 0.6) is 0 Å². The molecule has 1 aliphatic carbocycles. The highest BCUT2D eigenvalue weighted by atomic mass is 15.2. The molecule has 0 aliphatic heterocycles. The lowest BCUT2D eigenvalue weighted by molar-refractivity contribution is 0.558. The Bertz CT molecular complexity index is 1190. The van der Waals surface area contributed by atoms with Gasteiger partial charge in [0.25, 0.3) is 0 Å². The van der Waals surface area contributed by atoms with E-state index >= 15 is 0 Å². The summed E-state index contributed by atoms with van der Waals surface area (Å²) < 4.78 is 0. The average Bonchev–Trinajstić information content (AvgIpc) is 2.89. The molecule has 0 heterocycles. The van der Waals surface area contributed by atoms with Crippen molar-refractivity contribution in [3.05, 3.63) is 82.4 Å². The molecule has 0 aromatic heterocycles. The van der Waals surface area contributed by atoms with Crippen molar-refractivity contribution < 1.29 is 0 Å². The van der Waals surface area contributed by atoms with Crippen LogP contribution < -0.4 is 4.90 Å². The van der Waals surface area contributed by atoms with E-state index in [1.807, 2.05) is 6.07 Å². The molecule has 152 valence electrons. The van der Waals surface area contributed by atoms with Gasteiger partial charge in [0.2, 0.25) is 0 Å². The Labute approximate surface area is 180 Å². The third kappa shape index (κ3) is 3.01. The Kier molecular flexibility index (Phi) is 4.55. The van der Waals surface area contributed by atoms with Crippen LogP contribution in [-0.2, 0) is 5.41 Å². The number of aryl methyl sites for hydroxylation is 2. The minimum Gasteiger partial charge on any atom is -0.336 e. The number of hydrogen-bond acceptors (Lipinski definition) is 2. The van der Waals surface area contributed by atoms with Crippen molar-refractivity contribution in [3.8, 4) is 17.2 Å². The number of nitriles is 1. The first kappa shape index (κ1) is 20.2. The van der Waals surface area contributed by atoms with Gasteiger partial charge in [0, 0.05) is 22.3 Å². The van der Waals surface area contributed by atoms with E-state index in [-0.39, 0.29) is 11.0 Å². The van der Waals surface area contributed by atoms with Crippen LogP contribution in [0.3, 0.4) is 0 Å². The Morgan fingerprint density at radius 2 is 1.47 bits per heavy atom. The third-order valence-corrected chi connectivity index (χ3v) is 6.39. The SMILES string of the molecule is Cc1ccccc1N(c1cc2c(cc1C)C(C)(C)c1cc(C#N)ccc1-2)C(C)(C)C. The fourth-order valence-electron chi connectivity index (χ4n) is 4.85. The first-order chi connectivity index (χ1) is 14.1. The van der Waals surface area contributed by atoms with E-state index in [0.717, 1.165) is 5.56 Å². The van der Waals surface area contributed by atoms with Crippen molar-refractivity contribution in [1.82, 2.24) is 0 Å². The lowest BCUT2D eigenvalue weighted by atomic mass is 9.81. The maximum absolute atomic E-state index is 9.40. The van der Waals surface area contributed by atoms with Crippen LogP contribution in [0.15, 0.2) is 54.6 Å². The molecule has 0 saturated carbocycles. The summed E-state index contributed by atoms with van der Waals surface area (Å²) in [6.07, 6.45) is 0. The minimum absolute atomic E-state index is 0.0767. The molecule has 0 fully saturated rings. The quantitative estimate of drug-likeness (QED) is 0.452. The van der Waals surface area contributed by atoms with Gasteiger partial charge >= 0.3 is 0 Å². The van der Waals surface area contributed by atoms with E-state index in [9.17, 15) is 5.26 Å². The largest absolute Gasteiger partial charge is 0.336 e. The highest BCUT2D eigenvalue weighted by Gasteiger charge is 2.37. The molecule has 0 spiro atoms. The first-order valence-corrected chi connectivity index (χ1v) is 10.6. The van der Waals surface area contributed by atoms with Crippen LogP contribution in [0.1, 0.15) is 62.4 Å². The third-order valence-electron chi connectivity index (χ3n) is 6.39. The molecule has 2 nitrogen and oxygen atoms in total. The van der Waals surface area contributed by atoms with Gasteiger partial charge in [0.15, 0.2) is 0 Å². The number of benzene rings is 3. The Balaban J connectivity index is 1.99. The molecular weight excluding hydrogens is 364 g/mol.